The van der Waals surface area contributed by atoms with E-state index in [2.05, 4.69) is 0 Å². The van der Waals surface area contributed by atoms with Gasteiger partial charge in [-0.25, -0.2) is 0 Å². The van der Waals surface area contributed by atoms with Crippen molar-refractivity contribution >= 4 is 162 Å². The Hall–Kier alpha value is 1.20. The maximum absolute atomic E-state index is 6.97. The van der Waals surface area contributed by atoms with Crippen molar-refractivity contribution < 1.29 is 0 Å². The van der Waals surface area contributed by atoms with Crippen LogP contribution in [-0.4, -0.2) is 6.71 Å². The molecule has 0 aliphatic rings. The lowest BCUT2D eigenvalue weighted by Gasteiger charge is -2.27. The molecule has 0 N–H and O–H groups in total. The van der Waals surface area contributed by atoms with E-state index in [4.69, 9.17) is 139 Å². The summed E-state index contributed by atoms with van der Waals surface area (Å²) in [6, 6.07) is 0. The molecule has 0 saturated heterocycles. The zero-order valence-corrected chi connectivity index (χ0v) is 28.3. The first-order valence-corrected chi connectivity index (χ1v) is 15.4. The quantitative estimate of drug-likeness (QED) is 0.134. The molecule has 0 atom stereocenters. The second kappa shape index (κ2) is 13.0. The second-order valence-corrected chi connectivity index (χ2v) is 12.5. The SMILES string of the molecule is CCc1c(Cl)c(Cl)c(Cl)c(B(c2c(Cl)c(Cl)c(Cl)c(CC)c2Cl)c2c(Cl)c(Cl)c(Cl)c(CC)c2Cl)c1Cl. The van der Waals surface area contributed by atoms with Crippen LogP contribution in [0.25, 0.3) is 0 Å². The third-order valence-corrected chi connectivity index (χ3v) is 11.5. The lowest BCUT2D eigenvalue weighted by Crippen LogP contribution is -2.55. The van der Waals surface area contributed by atoms with Crippen molar-refractivity contribution in [2.24, 2.45) is 0 Å². The second-order valence-electron chi connectivity index (χ2n) is 7.94. The van der Waals surface area contributed by atoms with Crippen LogP contribution >= 0.6 is 139 Å². The van der Waals surface area contributed by atoms with E-state index in [1.807, 2.05) is 20.8 Å². The third kappa shape index (κ3) is 5.54. The molecule has 3 rings (SSSR count). The maximum atomic E-state index is 6.97. The zero-order chi connectivity index (χ0) is 28.1. The van der Waals surface area contributed by atoms with Gasteiger partial charge < -0.3 is 0 Å². The van der Waals surface area contributed by atoms with Crippen LogP contribution in [0, 0.1) is 0 Å². The molecule has 0 unspecified atom stereocenters. The number of hydrogen-bond acceptors (Lipinski definition) is 0. The summed E-state index contributed by atoms with van der Waals surface area (Å²) in [5.74, 6) is 0. The smallest absolute Gasteiger partial charge is 0.0845 e. The molecule has 3 aromatic carbocycles. The van der Waals surface area contributed by atoms with Gasteiger partial charge in [-0.3, -0.25) is 0 Å². The summed E-state index contributed by atoms with van der Waals surface area (Å²) in [7, 11) is 0. The minimum atomic E-state index is -0.986. The molecule has 0 aromatic heterocycles. The van der Waals surface area contributed by atoms with Gasteiger partial charge in [0.25, 0.3) is 6.71 Å². The molecular weight excluding hydrogens is 725 g/mol. The summed E-state index contributed by atoms with van der Waals surface area (Å²) < 4.78 is 0. The first-order chi connectivity index (χ1) is 17.3. The summed E-state index contributed by atoms with van der Waals surface area (Å²) in [4.78, 5) is 0. The molecule has 0 aliphatic carbocycles. The molecule has 0 fully saturated rings. The van der Waals surface area contributed by atoms with E-state index < -0.39 is 6.71 Å². The van der Waals surface area contributed by atoms with Crippen molar-refractivity contribution in [3.05, 3.63) is 77.0 Å². The minimum absolute atomic E-state index is 0.0615. The van der Waals surface area contributed by atoms with Crippen LogP contribution in [0.15, 0.2) is 0 Å². The Morgan fingerprint density at radius 1 is 0.324 bits per heavy atom. The van der Waals surface area contributed by atoms with Gasteiger partial charge in [0.2, 0.25) is 0 Å². The highest BCUT2D eigenvalue weighted by Crippen LogP contribution is 2.42. The first-order valence-electron chi connectivity index (χ1n) is 10.8. The van der Waals surface area contributed by atoms with E-state index in [0.29, 0.717) is 52.3 Å². The van der Waals surface area contributed by atoms with E-state index in [1.165, 1.54) is 0 Å². The van der Waals surface area contributed by atoms with Gasteiger partial charge in [0, 0.05) is 15.1 Å². The molecule has 0 aliphatic heterocycles. The molecule has 0 bridgehead atoms. The van der Waals surface area contributed by atoms with Gasteiger partial charge in [-0.05, 0) is 52.3 Å². The highest BCUT2D eigenvalue weighted by molar-refractivity contribution is 7.02. The van der Waals surface area contributed by atoms with Crippen LogP contribution in [0.5, 0.6) is 0 Å². The molecule has 0 nitrogen and oxygen atoms in total. The third-order valence-electron chi connectivity index (χ3n) is 6.09. The fourth-order valence-electron chi connectivity index (χ4n) is 4.23. The van der Waals surface area contributed by atoms with Gasteiger partial charge in [0.05, 0.1) is 45.2 Å². The number of hydrogen-bond donors (Lipinski definition) is 0. The van der Waals surface area contributed by atoms with Gasteiger partial charge in [0.1, 0.15) is 0 Å². The maximum Gasteiger partial charge on any atom is 0.253 e. The van der Waals surface area contributed by atoms with E-state index >= 15 is 0 Å². The first kappa shape index (κ1) is 32.7. The minimum Gasteiger partial charge on any atom is -0.0845 e. The van der Waals surface area contributed by atoms with Crippen molar-refractivity contribution in [2.45, 2.75) is 40.0 Å². The summed E-state index contributed by atoms with van der Waals surface area (Å²) >= 11 is 80.7. The Morgan fingerprint density at radius 2 is 0.541 bits per heavy atom. The van der Waals surface area contributed by atoms with Gasteiger partial charge >= 0.3 is 0 Å². The topological polar surface area (TPSA) is 0 Å². The molecule has 37 heavy (non-hydrogen) atoms. The number of halogens is 12. The van der Waals surface area contributed by atoms with Crippen LogP contribution in [-0.2, 0) is 19.3 Å². The van der Waals surface area contributed by atoms with Crippen molar-refractivity contribution in [3.8, 4) is 0 Å². The summed E-state index contributed by atoms with van der Waals surface area (Å²) in [6.07, 6.45) is 1.33. The summed E-state index contributed by atoms with van der Waals surface area (Å²) in [5.41, 5.74) is 2.64. The van der Waals surface area contributed by atoms with Crippen molar-refractivity contribution in [1.82, 2.24) is 0 Å². The molecule has 0 saturated carbocycles. The normalized spacial score (nSPS) is 11.4. The van der Waals surface area contributed by atoms with E-state index in [0.717, 1.165) is 0 Å². The van der Waals surface area contributed by atoms with Crippen LogP contribution in [0.2, 0.25) is 60.3 Å². The number of rotatable bonds is 6. The molecule has 0 spiro atoms. The Labute approximate surface area is 276 Å². The summed E-state index contributed by atoms with van der Waals surface area (Å²) in [5, 5.41) is 1.85. The lowest BCUT2D eigenvalue weighted by atomic mass is 9.36. The number of benzene rings is 3. The van der Waals surface area contributed by atoms with E-state index in [-0.39, 0.29) is 60.3 Å². The Bertz CT molecular complexity index is 1250. The van der Waals surface area contributed by atoms with Crippen LogP contribution < -0.4 is 16.4 Å². The largest absolute Gasteiger partial charge is 0.253 e. The molecular formula is C24H15BCl12. The Kier molecular flexibility index (Phi) is 11.5. The summed E-state index contributed by atoms with van der Waals surface area (Å²) in [6.45, 7) is 4.64. The lowest BCUT2D eigenvalue weighted by molar-refractivity contribution is 1.14. The average molecular weight is 740 g/mol. The molecule has 0 amide bonds. The highest BCUT2D eigenvalue weighted by Gasteiger charge is 2.39. The van der Waals surface area contributed by atoms with Crippen LogP contribution in [0.4, 0.5) is 0 Å². The van der Waals surface area contributed by atoms with Gasteiger partial charge in [0.15, 0.2) is 0 Å². The van der Waals surface area contributed by atoms with Gasteiger partial charge in [-0.1, -0.05) is 160 Å². The monoisotopic (exact) mass is 734 g/mol. The van der Waals surface area contributed by atoms with Crippen molar-refractivity contribution in [1.29, 1.82) is 0 Å². The predicted molar refractivity (Wildman–Crippen MR) is 172 cm³/mol. The Morgan fingerprint density at radius 3 is 0.730 bits per heavy atom. The van der Waals surface area contributed by atoms with Crippen LogP contribution in [0.3, 0.4) is 0 Å². The van der Waals surface area contributed by atoms with E-state index in [9.17, 15) is 0 Å². The highest BCUT2D eigenvalue weighted by atomic mass is 35.5. The molecule has 0 radical (unpaired) electrons. The van der Waals surface area contributed by atoms with Gasteiger partial charge in [-0.15, -0.1) is 0 Å². The molecule has 13 heteroatoms. The average Bonchev–Trinajstić information content (AvgIpc) is 2.86. The molecule has 198 valence electrons. The molecule has 3 aromatic rings. The fourth-order valence-corrected chi connectivity index (χ4v) is 8.47. The standard InChI is InChI=1S/C24H15BCl12/c1-4-7-13(26)10(19(32)22(35)16(7)29)25(11-14(27)8(5-2)17(30)23(36)20(11)33)12-15(28)9(6-3)18(31)24(37)21(12)34/h4-6H2,1-3H3. The molecule has 0 heterocycles. The van der Waals surface area contributed by atoms with Gasteiger partial charge in [-0.2, -0.15) is 0 Å². The fraction of sp³-hybridized carbons (Fsp3) is 0.250. The van der Waals surface area contributed by atoms with Crippen LogP contribution in [0.1, 0.15) is 37.5 Å². The zero-order valence-electron chi connectivity index (χ0n) is 19.2. The van der Waals surface area contributed by atoms with Crippen molar-refractivity contribution in [2.75, 3.05) is 0 Å². The predicted octanol–water partition coefficient (Wildman–Crippen LogP) is 11.7. The van der Waals surface area contributed by atoms with Crippen molar-refractivity contribution in [3.63, 3.8) is 0 Å². The Balaban J connectivity index is 2.71. The van der Waals surface area contributed by atoms with E-state index in [1.54, 1.807) is 0 Å².